The van der Waals surface area contributed by atoms with Gasteiger partial charge in [0.15, 0.2) is 17.3 Å². The number of benzene rings is 3. The average Bonchev–Trinajstić information content (AvgIpc) is 2.82. The molecule has 1 aliphatic heterocycles. The summed E-state index contributed by atoms with van der Waals surface area (Å²) in [6.07, 6.45) is 3.08. The van der Waals surface area contributed by atoms with E-state index in [0.717, 1.165) is 25.5 Å². The molecule has 1 aliphatic rings. The molecule has 5 nitrogen and oxygen atoms in total. The number of aromatic nitrogens is 1. The van der Waals surface area contributed by atoms with Gasteiger partial charge in [-0.05, 0) is 53.6 Å². The van der Waals surface area contributed by atoms with E-state index in [1.54, 1.807) is 6.08 Å². The fourth-order valence-electron chi connectivity index (χ4n) is 3.86. The molecule has 0 radical (unpaired) electrons. The van der Waals surface area contributed by atoms with Gasteiger partial charge in [-0.3, -0.25) is 9.59 Å². The van der Waals surface area contributed by atoms with Gasteiger partial charge in [0.25, 0.3) is 5.56 Å². The molecule has 0 amide bonds. The summed E-state index contributed by atoms with van der Waals surface area (Å²) >= 11 is 7.02. The number of halogens is 2. The summed E-state index contributed by atoms with van der Waals surface area (Å²) < 4.78 is 12.8. The number of hydrogen-bond acceptors (Lipinski definition) is 4. The molecule has 0 fully saturated rings. The Morgan fingerprint density at radius 3 is 2.42 bits per heavy atom. The van der Waals surface area contributed by atoms with Crippen molar-refractivity contribution in [3.8, 4) is 22.6 Å². The number of ketones is 1. The van der Waals surface area contributed by atoms with E-state index in [-0.39, 0.29) is 5.56 Å². The third-order valence-corrected chi connectivity index (χ3v) is 6.54. The Kier molecular flexibility index (Phi) is 5.91. The van der Waals surface area contributed by atoms with Crippen LogP contribution in [0.1, 0.15) is 15.9 Å². The quantitative estimate of drug-likeness (QED) is 0.230. The second-order valence-electron chi connectivity index (χ2n) is 7.48. The minimum atomic E-state index is -0.431. The number of H-pyrrole nitrogens is 1. The summed E-state index contributed by atoms with van der Waals surface area (Å²) in [5.74, 6) is 0.883. The minimum Gasteiger partial charge on any atom is -0.486 e. The van der Waals surface area contributed by atoms with Gasteiger partial charge in [0, 0.05) is 25.4 Å². The number of allylic oxidation sites excluding steroid dienone is 1. The molecule has 7 heteroatoms. The van der Waals surface area contributed by atoms with Crippen LogP contribution in [-0.2, 0) is 0 Å². The molecule has 0 saturated carbocycles. The Bertz CT molecular complexity index is 1480. The van der Waals surface area contributed by atoms with Crippen molar-refractivity contribution < 1.29 is 14.3 Å². The zero-order chi connectivity index (χ0) is 22.9. The summed E-state index contributed by atoms with van der Waals surface area (Å²) in [6.45, 7) is 0.968. The lowest BCUT2D eigenvalue weighted by molar-refractivity contribution is 0.104. The maximum Gasteiger partial charge on any atom is 0.260 e. The highest BCUT2D eigenvalue weighted by Crippen LogP contribution is 2.36. The predicted molar refractivity (Wildman–Crippen MR) is 136 cm³/mol. The molecule has 1 aromatic heterocycles. The molecule has 1 N–H and O–H groups in total. The summed E-state index contributed by atoms with van der Waals surface area (Å²) in [5.41, 5.74) is 2.47. The summed E-state index contributed by atoms with van der Waals surface area (Å²) in [5, 5.41) is 0.785. The number of rotatable bonds is 4. The number of carbonyl (C=O) groups is 1. The number of pyridine rings is 1. The molecule has 2 heterocycles. The number of aromatic amines is 1. The van der Waals surface area contributed by atoms with Gasteiger partial charge >= 0.3 is 0 Å². The smallest absolute Gasteiger partial charge is 0.260 e. The van der Waals surface area contributed by atoms with Crippen LogP contribution in [0.4, 0.5) is 0 Å². The van der Waals surface area contributed by atoms with Gasteiger partial charge in [0.2, 0.25) is 0 Å². The van der Waals surface area contributed by atoms with Crippen LogP contribution in [0, 0.1) is 0 Å². The molecule has 33 heavy (non-hydrogen) atoms. The van der Waals surface area contributed by atoms with E-state index in [0.29, 0.717) is 35.8 Å². The Balaban J connectivity index is 1.64. The molecular weight excluding hydrogens is 550 g/mol. The molecule has 4 aromatic rings. The largest absolute Gasteiger partial charge is 0.486 e. The van der Waals surface area contributed by atoms with Gasteiger partial charge in [-0.2, -0.15) is 0 Å². The maximum atomic E-state index is 13.4. The molecule has 5 rings (SSSR count). The van der Waals surface area contributed by atoms with Crippen LogP contribution in [0.15, 0.2) is 80.5 Å². The van der Waals surface area contributed by atoms with E-state index in [9.17, 15) is 9.59 Å². The van der Waals surface area contributed by atoms with E-state index in [2.05, 4.69) is 36.8 Å². The van der Waals surface area contributed by atoms with Crippen LogP contribution in [0.25, 0.3) is 28.1 Å². The molecule has 0 aliphatic carbocycles. The van der Waals surface area contributed by atoms with Gasteiger partial charge in [0.1, 0.15) is 13.2 Å². The van der Waals surface area contributed by atoms with Crippen LogP contribution >= 0.6 is 31.9 Å². The summed E-state index contributed by atoms with van der Waals surface area (Å²) in [4.78, 5) is 29.3. The normalized spacial score (nSPS) is 12.9. The number of ether oxygens (including phenoxy) is 2. The van der Waals surface area contributed by atoms with E-state index in [1.165, 1.54) is 6.08 Å². The molecule has 0 unspecified atom stereocenters. The molecule has 0 spiro atoms. The fourth-order valence-corrected chi connectivity index (χ4v) is 4.68. The Morgan fingerprint density at radius 2 is 1.67 bits per heavy atom. The first-order valence-electron chi connectivity index (χ1n) is 10.2. The maximum absolute atomic E-state index is 13.4. The first kappa shape index (κ1) is 21.7. The molecule has 0 atom stereocenters. The second kappa shape index (κ2) is 9.00. The number of carbonyl (C=O) groups excluding carboxylic acids is 1. The third-order valence-electron chi connectivity index (χ3n) is 5.36. The SMILES string of the molecule is O=C(/C=C/c1cc2c(cc1Br)OCCO2)c1c(-c2ccccc2)c2cc(Br)ccc2[nH]c1=O. The van der Waals surface area contributed by atoms with Crippen molar-refractivity contribution in [3.05, 3.63) is 97.2 Å². The van der Waals surface area contributed by atoms with Crippen LogP contribution in [0.2, 0.25) is 0 Å². The van der Waals surface area contributed by atoms with Crippen molar-refractivity contribution in [1.29, 1.82) is 0 Å². The Hall–Kier alpha value is -3.16. The monoisotopic (exact) mass is 565 g/mol. The van der Waals surface area contributed by atoms with Crippen molar-refractivity contribution in [2.75, 3.05) is 13.2 Å². The molecular formula is C26H17Br2NO4. The Morgan fingerprint density at radius 1 is 0.939 bits per heavy atom. The topological polar surface area (TPSA) is 68.4 Å². The van der Waals surface area contributed by atoms with E-state index < -0.39 is 11.3 Å². The summed E-state index contributed by atoms with van der Waals surface area (Å²) in [7, 11) is 0. The third kappa shape index (κ3) is 4.26. The van der Waals surface area contributed by atoms with Gasteiger partial charge < -0.3 is 14.5 Å². The van der Waals surface area contributed by atoms with Crippen LogP contribution in [-0.4, -0.2) is 24.0 Å². The number of nitrogens with one attached hydrogen (secondary N) is 1. The van der Waals surface area contributed by atoms with Gasteiger partial charge in [0.05, 0.1) is 5.56 Å². The predicted octanol–water partition coefficient (Wildman–Crippen LogP) is 6.39. The van der Waals surface area contributed by atoms with Crippen molar-refractivity contribution in [2.45, 2.75) is 0 Å². The lowest BCUT2D eigenvalue weighted by atomic mass is 9.94. The van der Waals surface area contributed by atoms with Gasteiger partial charge in [-0.15, -0.1) is 0 Å². The van der Waals surface area contributed by atoms with Crippen molar-refractivity contribution in [2.24, 2.45) is 0 Å². The highest BCUT2D eigenvalue weighted by atomic mass is 79.9. The van der Waals surface area contributed by atoms with Gasteiger partial charge in [-0.25, -0.2) is 0 Å². The van der Waals surface area contributed by atoms with Gasteiger partial charge in [-0.1, -0.05) is 62.2 Å². The highest BCUT2D eigenvalue weighted by molar-refractivity contribution is 9.10. The zero-order valence-electron chi connectivity index (χ0n) is 17.2. The first-order valence-corrected chi connectivity index (χ1v) is 11.8. The van der Waals surface area contributed by atoms with Crippen LogP contribution < -0.4 is 15.0 Å². The van der Waals surface area contributed by atoms with Crippen molar-refractivity contribution in [1.82, 2.24) is 4.98 Å². The first-order chi connectivity index (χ1) is 16.0. The molecule has 0 saturated heterocycles. The van der Waals surface area contributed by atoms with Crippen LogP contribution in [0.3, 0.4) is 0 Å². The minimum absolute atomic E-state index is 0.0942. The fraction of sp³-hybridized carbons (Fsp3) is 0.0769. The van der Waals surface area contributed by atoms with E-state index in [4.69, 9.17) is 9.47 Å². The lowest BCUT2D eigenvalue weighted by Crippen LogP contribution is -2.18. The van der Waals surface area contributed by atoms with E-state index >= 15 is 0 Å². The van der Waals surface area contributed by atoms with E-state index in [1.807, 2.05) is 60.7 Å². The molecule has 164 valence electrons. The standard InChI is InChI=1S/C26H17Br2NO4/c27-17-7-8-20-18(13-17)24(15-4-2-1-3-5-15)25(26(31)29-20)21(30)9-6-16-12-22-23(14-19(16)28)33-11-10-32-22/h1-9,12-14H,10-11H2,(H,29,31)/b9-6+. The second-order valence-corrected chi connectivity index (χ2v) is 9.25. The van der Waals surface area contributed by atoms with Crippen molar-refractivity contribution in [3.63, 3.8) is 0 Å². The Labute approximate surface area is 206 Å². The van der Waals surface area contributed by atoms with Crippen LogP contribution in [0.5, 0.6) is 11.5 Å². The molecule has 0 bridgehead atoms. The highest BCUT2D eigenvalue weighted by Gasteiger charge is 2.20. The zero-order valence-corrected chi connectivity index (χ0v) is 20.4. The number of fused-ring (bicyclic) bond motifs is 2. The molecule has 3 aromatic carbocycles. The lowest BCUT2D eigenvalue weighted by Gasteiger charge is -2.19. The summed E-state index contributed by atoms with van der Waals surface area (Å²) in [6, 6.07) is 18.7. The number of hydrogen-bond donors (Lipinski definition) is 1. The van der Waals surface area contributed by atoms with Crippen molar-refractivity contribution >= 4 is 54.6 Å². The average molecular weight is 567 g/mol.